The summed E-state index contributed by atoms with van der Waals surface area (Å²) < 4.78 is 3.63. The minimum absolute atomic E-state index is 0.170. The number of hydrogen-bond acceptors (Lipinski definition) is 13. The molecule has 2 amide bonds. The number of hydrogen-bond donors (Lipinski definition) is 5. The monoisotopic (exact) mass is 859 g/mol. The molecule has 6 heterocycles. The molecule has 1 atom stereocenters. The first-order chi connectivity index (χ1) is 30.4. The number of fused-ring (bicyclic) bond motifs is 2. The molecule has 1 saturated carbocycles. The van der Waals surface area contributed by atoms with Gasteiger partial charge in [-0.25, -0.2) is 4.52 Å². The number of amides is 2. The number of nitrogens with one attached hydrogen (secondary N) is 4. The molecule has 5 N–H and O–H groups in total. The third kappa shape index (κ3) is 12.4. The van der Waals surface area contributed by atoms with Gasteiger partial charge in [-0.3, -0.25) is 29.2 Å². The van der Waals surface area contributed by atoms with Crippen LogP contribution in [0.3, 0.4) is 0 Å². The van der Waals surface area contributed by atoms with Crippen LogP contribution in [0.2, 0.25) is 0 Å². The van der Waals surface area contributed by atoms with Crippen molar-refractivity contribution >= 4 is 52.2 Å². The summed E-state index contributed by atoms with van der Waals surface area (Å²) in [7, 11) is 3.60. The highest BCUT2D eigenvalue weighted by Gasteiger charge is 2.29. The molecular formula is C47H61N11O5. The number of carbonyl (C=O) groups is 4. The number of nitriles is 1. The number of nitrogens with zero attached hydrogens (tertiary/aromatic N) is 7. The molecule has 3 aromatic heterocycles. The number of piperidine rings is 1. The number of benzene rings is 2. The Labute approximate surface area is 369 Å². The van der Waals surface area contributed by atoms with Crippen LogP contribution in [0.4, 0.5) is 11.4 Å². The Morgan fingerprint density at radius 3 is 2.38 bits per heavy atom. The lowest BCUT2D eigenvalue weighted by Crippen LogP contribution is -2.54. The van der Waals surface area contributed by atoms with Gasteiger partial charge in [-0.05, 0) is 82.6 Å². The second-order valence-corrected chi connectivity index (χ2v) is 17.1. The third-order valence-electron chi connectivity index (χ3n) is 12.0. The summed E-state index contributed by atoms with van der Waals surface area (Å²) in [5, 5.41) is 40.4. The highest BCUT2D eigenvalue weighted by atomic mass is 16.3. The smallest absolute Gasteiger partial charge is 0.243 e. The van der Waals surface area contributed by atoms with Crippen LogP contribution in [0.25, 0.3) is 16.4 Å². The van der Waals surface area contributed by atoms with Crippen LogP contribution >= 0.6 is 0 Å². The Morgan fingerprint density at radius 2 is 1.73 bits per heavy atom. The van der Waals surface area contributed by atoms with Crippen LogP contribution in [0.1, 0.15) is 96.8 Å². The van der Waals surface area contributed by atoms with Crippen molar-refractivity contribution in [3.05, 3.63) is 89.4 Å². The van der Waals surface area contributed by atoms with Gasteiger partial charge in [0, 0.05) is 99.3 Å². The van der Waals surface area contributed by atoms with Crippen molar-refractivity contribution < 1.29 is 24.3 Å². The Kier molecular flexibility index (Phi) is 16.2. The molecule has 334 valence electrons. The molecule has 3 aliphatic heterocycles. The first kappa shape index (κ1) is 46.5. The maximum absolute atomic E-state index is 10.8. The van der Waals surface area contributed by atoms with E-state index in [0.717, 1.165) is 77.9 Å². The number of aldehydes is 2. The van der Waals surface area contributed by atoms with E-state index in [1.807, 2.05) is 51.2 Å². The summed E-state index contributed by atoms with van der Waals surface area (Å²) in [5.41, 5.74) is 5.63. The number of likely N-dealkylation sites (N-methyl/N-ethyl adjacent to an activating group) is 1. The summed E-state index contributed by atoms with van der Waals surface area (Å²) in [5.74, 6) is 0.397. The van der Waals surface area contributed by atoms with Crippen LogP contribution in [0.15, 0.2) is 67.0 Å². The first-order valence-corrected chi connectivity index (χ1v) is 21.9. The van der Waals surface area contributed by atoms with E-state index < -0.39 is 5.60 Å². The van der Waals surface area contributed by atoms with Crippen LogP contribution in [0.5, 0.6) is 0 Å². The first-order valence-electron chi connectivity index (χ1n) is 21.9. The van der Waals surface area contributed by atoms with Gasteiger partial charge in [0.05, 0.1) is 40.5 Å². The van der Waals surface area contributed by atoms with Gasteiger partial charge in [0.1, 0.15) is 18.0 Å². The van der Waals surface area contributed by atoms with E-state index in [-0.39, 0.29) is 17.9 Å². The van der Waals surface area contributed by atoms with E-state index in [1.54, 1.807) is 25.2 Å². The largest absolute Gasteiger partial charge is 0.388 e. The van der Waals surface area contributed by atoms with Crippen LogP contribution in [-0.2, 0) is 15.2 Å². The standard InChI is InChI=1S/C17H25N3O.C15H21N3O.C9H5N3O.C6H10N2O2/c1-17(2,21)14-10-15-12(9-16(14)18-3)11-20(19-15)13-7-5-4-6-8-13;19-12-13-2-1-3-15(8-13)18-10-14(11-18)9-17-6-4-16-5-7-17;10-4-7-3-8-1-2-9(6-13)12(8)11-5-7;1-7-4-2-3-5(9)8-6(4)10/h9-11,13,18,21H,4-8H2,1-3H3;1-3,8,12,14,16H,4-7,9-11H2;1-3,5-6H;4,7H,2-3H2,1H3,(H,8,9,10). The average molecular weight is 860 g/mol. The minimum atomic E-state index is -0.874. The highest BCUT2D eigenvalue weighted by molar-refractivity contribution is 6.00. The summed E-state index contributed by atoms with van der Waals surface area (Å²) in [6, 6.07) is 19.4. The van der Waals surface area contributed by atoms with E-state index in [0.29, 0.717) is 30.1 Å². The van der Waals surface area contributed by atoms with Crippen molar-refractivity contribution in [2.24, 2.45) is 5.92 Å². The Bertz CT molecular complexity index is 2380. The van der Waals surface area contributed by atoms with E-state index in [9.17, 15) is 24.3 Å². The lowest BCUT2D eigenvalue weighted by molar-refractivity contribution is -0.134. The van der Waals surface area contributed by atoms with Crippen LogP contribution in [0, 0.1) is 17.2 Å². The molecular weight excluding hydrogens is 799 g/mol. The Hall–Kier alpha value is -5.99. The maximum atomic E-state index is 10.8. The Balaban J connectivity index is 0.000000145. The molecule has 4 aliphatic rings. The van der Waals surface area contributed by atoms with E-state index >= 15 is 0 Å². The normalized spacial score (nSPS) is 18.3. The molecule has 9 rings (SSSR count). The van der Waals surface area contributed by atoms with Crippen molar-refractivity contribution in [1.29, 1.82) is 5.26 Å². The lowest BCUT2D eigenvalue weighted by atomic mass is 9.95. The number of carbonyl (C=O) groups excluding carboxylic acids is 4. The van der Waals surface area contributed by atoms with Gasteiger partial charge < -0.3 is 30.9 Å². The van der Waals surface area contributed by atoms with Gasteiger partial charge in [-0.1, -0.05) is 31.4 Å². The van der Waals surface area contributed by atoms with Crippen molar-refractivity contribution in [2.45, 2.75) is 76.5 Å². The number of aliphatic hydroxyl groups is 1. The van der Waals surface area contributed by atoms with E-state index in [1.165, 1.54) is 68.1 Å². The highest BCUT2D eigenvalue weighted by Crippen LogP contribution is 2.34. The zero-order valence-corrected chi connectivity index (χ0v) is 36.8. The van der Waals surface area contributed by atoms with Gasteiger partial charge >= 0.3 is 0 Å². The maximum Gasteiger partial charge on any atom is 0.243 e. The SMILES string of the molecule is CNC1CCC(=O)NC1=O.CNc1cc2cn(C3CCCCC3)nc2cc1C(C)(C)O.N#Cc1cnn2c(C=O)ccc2c1.O=Cc1cccc(N2CC(CN3CCNCC3)C2)c1. The molecule has 1 unspecified atom stereocenters. The average Bonchev–Trinajstić information content (AvgIpc) is 3.92. The molecule has 0 radical (unpaired) electrons. The summed E-state index contributed by atoms with van der Waals surface area (Å²) in [4.78, 5) is 47.6. The Morgan fingerprint density at radius 1 is 0.968 bits per heavy atom. The molecule has 3 saturated heterocycles. The van der Waals surface area contributed by atoms with Crippen molar-refractivity contribution in [3.8, 4) is 6.07 Å². The third-order valence-corrected chi connectivity index (χ3v) is 12.0. The number of rotatable bonds is 9. The summed E-state index contributed by atoms with van der Waals surface area (Å²) in [6.07, 6.45) is 12.7. The van der Waals surface area contributed by atoms with E-state index in [4.69, 9.17) is 10.4 Å². The number of piperazine rings is 1. The van der Waals surface area contributed by atoms with Crippen LogP contribution < -0.4 is 26.2 Å². The van der Waals surface area contributed by atoms with Crippen molar-refractivity contribution in [3.63, 3.8) is 0 Å². The minimum Gasteiger partial charge on any atom is -0.388 e. The molecule has 16 nitrogen and oxygen atoms in total. The van der Waals surface area contributed by atoms with Gasteiger partial charge in [0.25, 0.3) is 0 Å². The second-order valence-electron chi connectivity index (χ2n) is 17.1. The molecule has 63 heavy (non-hydrogen) atoms. The summed E-state index contributed by atoms with van der Waals surface area (Å²) >= 11 is 0. The predicted octanol–water partition coefficient (Wildman–Crippen LogP) is 4.68. The molecule has 5 aromatic rings. The molecule has 1 aliphatic carbocycles. The zero-order valence-electron chi connectivity index (χ0n) is 36.8. The molecule has 2 aromatic carbocycles. The van der Waals surface area contributed by atoms with Gasteiger partial charge in [-0.2, -0.15) is 15.5 Å². The molecule has 0 spiro atoms. The quantitative estimate of drug-likeness (QED) is 0.101. The van der Waals surface area contributed by atoms with Crippen molar-refractivity contribution in [2.75, 3.05) is 70.1 Å². The number of anilines is 2. The van der Waals surface area contributed by atoms with Gasteiger partial charge in [-0.15, -0.1) is 0 Å². The fourth-order valence-corrected chi connectivity index (χ4v) is 8.43. The summed E-state index contributed by atoms with van der Waals surface area (Å²) in [6.45, 7) is 11.7. The predicted molar refractivity (Wildman–Crippen MR) is 244 cm³/mol. The van der Waals surface area contributed by atoms with Gasteiger partial charge in [0.2, 0.25) is 11.8 Å². The van der Waals surface area contributed by atoms with E-state index in [2.05, 4.69) is 59.2 Å². The zero-order chi connectivity index (χ0) is 44.9. The lowest BCUT2D eigenvalue weighted by Gasteiger charge is -2.44. The topological polar surface area (TPSA) is 202 Å². The fourth-order valence-electron chi connectivity index (χ4n) is 8.43. The number of imide groups is 1. The van der Waals surface area contributed by atoms with Crippen molar-refractivity contribution in [1.82, 2.24) is 40.2 Å². The second kappa shape index (κ2) is 21.9. The molecule has 4 fully saturated rings. The molecule has 0 bridgehead atoms. The van der Waals surface area contributed by atoms with Crippen LogP contribution in [-0.4, -0.2) is 120 Å². The molecule has 16 heteroatoms. The number of aromatic nitrogens is 4. The fraction of sp³-hybridized carbons (Fsp3) is 0.468. The van der Waals surface area contributed by atoms with Gasteiger partial charge in [0.15, 0.2) is 6.29 Å².